The summed E-state index contributed by atoms with van der Waals surface area (Å²) in [7, 11) is 0. The maximum atomic E-state index is 2.27. The van der Waals surface area contributed by atoms with Gasteiger partial charge < -0.3 is 5.92 Å². The van der Waals surface area contributed by atoms with Crippen molar-refractivity contribution in [3.63, 3.8) is 0 Å². The van der Waals surface area contributed by atoms with Gasteiger partial charge in [-0.05, 0) is 5.92 Å². The molecule has 0 saturated carbocycles. The molecule has 0 aromatic heterocycles. The van der Waals surface area contributed by atoms with Gasteiger partial charge in [-0.25, -0.2) is 0 Å². The summed E-state index contributed by atoms with van der Waals surface area (Å²) in [4.78, 5) is 0. The van der Waals surface area contributed by atoms with Crippen molar-refractivity contribution in [1.29, 1.82) is 0 Å². The van der Waals surface area contributed by atoms with E-state index < -0.39 is 0 Å². The highest BCUT2D eigenvalue weighted by molar-refractivity contribution is 4.76. The van der Waals surface area contributed by atoms with E-state index in [2.05, 4.69) is 27.7 Å². The molecule has 0 amide bonds. The lowest BCUT2D eigenvalue weighted by Gasteiger charge is -2.17. The molecule has 0 heterocycles. The molecule has 0 saturated heterocycles. The van der Waals surface area contributed by atoms with Crippen molar-refractivity contribution in [3.05, 3.63) is 5.92 Å². The van der Waals surface area contributed by atoms with Gasteiger partial charge in [0.05, 0.1) is 0 Å². The van der Waals surface area contributed by atoms with E-state index in [1.165, 1.54) is 12.8 Å². The molecule has 0 aliphatic carbocycles. The van der Waals surface area contributed by atoms with E-state index in [0.717, 1.165) is 5.92 Å². The van der Waals surface area contributed by atoms with Gasteiger partial charge in [-0.3, -0.25) is 0 Å². The van der Waals surface area contributed by atoms with Crippen molar-refractivity contribution in [2.24, 2.45) is 5.92 Å². The first-order valence-electron chi connectivity index (χ1n) is 3.42. The number of rotatable bonds is 3. The molecular weight excluding hydrogens is 96.1 g/mol. The monoisotopic (exact) mass is 113 g/mol. The molecule has 0 aromatic carbocycles. The summed E-state index contributed by atoms with van der Waals surface area (Å²) in [6.07, 6.45) is 2.65. The summed E-state index contributed by atoms with van der Waals surface area (Å²) in [5.74, 6) is 2.42. The molecule has 0 bridgehead atoms. The van der Waals surface area contributed by atoms with Gasteiger partial charge in [0, 0.05) is 0 Å². The molecule has 0 heteroatoms. The second-order valence-electron chi connectivity index (χ2n) is 3.14. The van der Waals surface area contributed by atoms with Crippen molar-refractivity contribution in [3.8, 4) is 0 Å². The summed E-state index contributed by atoms with van der Waals surface area (Å²) >= 11 is 0. The lowest BCUT2D eigenvalue weighted by atomic mass is 10.0. The predicted molar refractivity (Wildman–Crippen MR) is 38.7 cm³/mol. The molecule has 0 unspecified atom stereocenters. The molecule has 0 aliphatic heterocycles. The molecule has 0 atom stereocenters. The number of hydrogen-bond donors (Lipinski definition) is 0. The first-order valence-corrected chi connectivity index (χ1v) is 3.42. The Balaban J connectivity index is 2.93. The van der Waals surface area contributed by atoms with Crippen LogP contribution in [-0.4, -0.2) is 0 Å². The molecule has 0 fully saturated rings. The highest BCUT2D eigenvalue weighted by Gasteiger charge is 1.87. The van der Waals surface area contributed by atoms with Gasteiger partial charge in [-0.15, -0.1) is 0 Å². The molecule has 0 aromatic rings. The van der Waals surface area contributed by atoms with Crippen LogP contribution in [0.3, 0.4) is 0 Å². The predicted octanol–water partition coefficient (Wildman–Crippen LogP) is 3.04. The highest BCUT2D eigenvalue weighted by Crippen LogP contribution is 2.11. The first kappa shape index (κ1) is 8.00. The zero-order chi connectivity index (χ0) is 6.57. The Morgan fingerprint density at radius 2 is 1.75 bits per heavy atom. The Bertz CT molecular complexity index is 36.0. The van der Waals surface area contributed by atoms with E-state index in [-0.39, 0.29) is 0 Å². The molecule has 0 rings (SSSR count). The van der Waals surface area contributed by atoms with Crippen molar-refractivity contribution in [2.75, 3.05) is 0 Å². The van der Waals surface area contributed by atoms with Gasteiger partial charge in [-0.2, -0.15) is 20.3 Å². The average Bonchev–Trinajstić information content (AvgIpc) is 1.61. The van der Waals surface area contributed by atoms with Gasteiger partial charge in [-0.1, -0.05) is 20.3 Å². The minimum absolute atomic E-state index is 0.866. The summed E-state index contributed by atoms with van der Waals surface area (Å²) in [6.45, 7) is 8.93. The van der Waals surface area contributed by atoms with Crippen LogP contribution in [0.2, 0.25) is 0 Å². The standard InChI is InChI=1S/C8H17/c1-7(2)5-6-8(3)4/h7H,5-6H2,1-4H3/q-1. The van der Waals surface area contributed by atoms with Crippen molar-refractivity contribution >= 4 is 0 Å². The van der Waals surface area contributed by atoms with Gasteiger partial charge in [0.25, 0.3) is 0 Å². The molecule has 0 spiro atoms. The van der Waals surface area contributed by atoms with Crippen LogP contribution in [0.1, 0.15) is 40.5 Å². The van der Waals surface area contributed by atoms with E-state index in [0.29, 0.717) is 0 Å². The maximum absolute atomic E-state index is 2.27. The van der Waals surface area contributed by atoms with Crippen molar-refractivity contribution in [2.45, 2.75) is 40.5 Å². The van der Waals surface area contributed by atoms with E-state index in [1.807, 2.05) is 0 Å². The van der Waals surface area contributed by atoms with E-state index >= 15 is 0 Å². The minimum Gasteiger partial charge on any atom is -0.320 e. The van der Waals surface area contributed by atoms with Crippen LogP contribution in [0.15, 0.2) is 0 Å². The molecule has 0 aliphatic rings. The lowest BCUT2D eigenvalue weighted by Crippen LogP contribution is -1.90. The fourth-order valence-electron chi connectivity index (χ4n) is 0.577. The largest absolute Gasteiger partial charge is 0.320 e. The zero-order valence-corrected chi connectivity index (χ0v) is 6.49. The molecule has 50 valence electrons. The van der Waals surface area contributed by atoms with Crippen LogP contribution >= 0.6 is 0 Å². The van der Waals surface area contributed by atoms with E-state index in [9.17, 15) is 0 Å². The second kappa shape index (κ2) is 3.94. The van der Waals surface area contributed by atoms with E-state index in [1.54, 1.807) is 5.92 Å². The van der Waals surface area contributed by atoms with E-state index in [4.69, 9.17) is 0 Å². The third-order valence-corrected chi connectivity index (χ3v) is 1.22. The summed E-state index contributed by atoms with van der Waals surface area (Å²) in [5, 5.41) is 0. The fourth-order valence-corrected chi connectivity index (χ4v) is 0.577. The second-order valence-corrected chi connectivity index (χ2v) is 3.14. The Labute approximate surface area is 53.3 Å². The molecule has 0 N–H and O–H groups in total. The van der Waals surface area contributed by atoms with Crippen LogP contribution in [0.5, 0.6) is 0 Å². The van der Waals surface area contributed by atoms with Crippen LogP contribution < -0.4 is 0 Å². The van der Waals surface area contributed by atoms with Crippen LogP contribution in [0.4, 0.5) is 0 Å². The smallest absolute Gasteiger partial charge is 0.0495 e. The lowest BCUT2D eigenvalue weighted by molar-refractivity contribution is 0.564. The van der Waals surface area contributed by atoms with Crippen LogP contribution in [0.25, 0.3) is 0 Å². The Morgan fingerprint density at radius 1 is 1.25 bits per heavy atom. The van der Waals surface area contributed by atoms with Gasteiger partial charge >= 0.3 is 0 Å². The minimum atomic E-state index is 0.866. The molecule has 0 nitrogen and oxygen atoms in total. The molecule has 0 radical (unpaired) electrons. The molecular formula is C8H17-. The Morgan fingerprint density at radius 3 is 1.88 bits per heavy atom. The van der Waals surface area contributed by atoms with Gasteiger partial charge in [0.1, 0.15) is 0 Å². The third kappa shape index (κ3) is 6.00. The maximum Gasteiger partial charge on any atom is -0.0495 e. The third-order valence-electron chi connectivity index (χ3n) is 1.22. The zero-order valence-electron chi connectivity index (χ0n) is 6.49. The normalized spacial score (nSPS) is 11.2. The van der Waals surface area contributed by atoms with Crippen LogP contribution in [0, 0.1) is 11.8 Å². The van der Waals surface area contributed by atoms with Crippen molar-refractivity contribution in [1.82, 2.24) is 0 Å². The summed E-state index contributed by atoms with van der Waals surface area (Å²) < 4.78 is 0. The van der Waals surface area contributed by atoms with Gasteiger partial charge in [0.2, 0.25) is 0 Å². The van der Waals surface area contributed by atoms with Crippen molar-refractivity contribution < 1.29 is 0 Å². The Kier molecular flexibility index (Phi) is 3.94. The first-order chi connectivity index (χ1) is 3.63. The Hall–Kier alpha value is 0. The van der Waals surface area contributed by atoms with Gasteiger partial charge in [0.15, 0.2) is 0 Å². The van der Waals surface area contributed by atoms with Crippen LogP contribution in [-0.2, 0) is 0 Å². The fraction of sp³-hybridized carbons (Fsp3) is 0.875. The summed E-state index contributed by atoms with van der Waals surface area (Å²) in [6, 6.07) is 0. The quantitative estimate of drug-likeness (QED) is 0.493. The molecule has 8 heavy (non-hydrogen) atoms. The summed E-state index contributed by atoms with van der Waals surface area (Å²) in [5.41, 5.74) is 0. The topological polar surface area (TPSA) is 0 Å². The number of hydrogen-bond acceptors (Lipinski definition) is 0. The SMILES string of the molecule is C[C-](C)CCC(C)C. The highest BCUT2D eigenvalue weighted by atomic mass is 14.0. The average molecular weight is 113 g/mol.